The molecule has 0 amide bonds. The van der Waals surface area contributed by atoms with Gasteiger partial charge in [0.15, 0.2) is 0 Å². The summed E-state index contributed by atoms with van der Waals surface area (Å²) in [4.78, 5) is 0. The number of phenolic OH excluding ortho intramolecular Hbond substituents is 1. The average molecular weight is 304 g/mol. The topological polar surface area (TPSA) is 20.2 Å². The second kappa shape index (κ2) is 4.63. The number of phenols is 1. The highest BCUT2D eigenvalue weighted by Gasteiger charge is 2.37. The van der Waals surface area contributed by atoms with Crippen molar-refractivity contribution in [2.45, 2.75) is 26.9 Å². The lowest BCUT2D eigenvalue weighted by molar-refractivity contribution is -0.137. The van der Waals surface area contributed by atoms with Gasteiger partial charge in [-0.25, -0.2) is 0 Å². The maximum atomic E-state index is 13.3. The predicted octanol–water partition coefficient (Wildman–Crippen LogP) is 4.89. The molecule has 0 fully saturated rings. The van der Waals surface area contributed by atoms with Crippen molar-refractivity contribution in [2.24, 2.45) is 0 Å². The first-order valence-electron chi connectivity index (χ1n) is 6.93. The first-order chi connectivity index (χ1) is 10.2. The Balaban J connectivity index is 2.56. The lowest BCUT2D eigenvalue weighted by Crippen LogP contribution is -2.06. The molecule has 0 aliphatic heterocycles. The van der Waals surface area contributed by atoms with E-state index in [0.29, 0.717) is 10.9 Å². The predicted molar refractivity (Wildman–Crippen MR) is 81.9 cm³/mol. The molecule has 1 N–H and O–H groups in total. The number of aromatic hydroxyl groups is 1. The highest BCUT2D eigenvalue weighted by molar-refractivity contribution is 6.03. The Bertz CT molecular complexity index is 903. The molecule has 2 aliphatic carbocycles. The molecule has 4 heteroatoms. The number of halogens is 3. The third kappa shape index (κ3) is 2.10. The normalized spacial score (nSPS) is 12.3. The Kier molecular flexibility index (Phi) is 3.09. The number of benzene rings is 1. The molecule has 0 unspecified atom stereocenters. The molecule has 3 rings (SSSR count). The number of hydrogen-bond donors (Lipinski definition) is 1. The summed E-state index contributed by atoms with van der Waals surface area (Å²) >= 11 is 0. The van der Waals surface area contributed by atoms with Crippen LogP contribution < -0.4 is 5.22 Å². The third-order valence-corrected chi connectivity index (χ3v) is 4.03. The fraction of sp³-hybridized carbons (Fsp3) is 0.222. The molecule has 1 nitrogen and oxygen atoms in total. The van der Waals surface area contributed by atoms with Crippen LogP contribution in [-0.2, 0) is 6.18 Å². The fourth-order valence-electron chi connectivity index (χ4n) is 2.96. The van der Waals surface area contributed by atoms with Gasteiger partial charge in [0.05, 0.1) is 0 Å². The highest BCUT2D eigenvalue weighted by Crippen LogP contribution is 2.47. The Morgan fingerprint density at radius 3 is 2.32 bits per heavy atom. The smallest absolute Gasteiger partial charge is 0.420 e. The average Bonchev–Trinajstić information content (AvgIpc) is 2.57. The van der Waals surface area contributed by atoms with Crippen molar-refractivity contribution in [1.82, 2.24) is 0 Å². The molecule has 0 spiro atoms. The van der Waals surface area contributed by atoms with Crippen LogP contribution in [0.2, 0.25) is 0 Å². The third-order valence-electron chi connectivity index (χ3n) is 4.03. The summed E-state index contributed by atoms with van der Waals surface area (Å²) in [6.45, 7) is 5.71. The SMILES string of the molecule is CC(C)=c1ccc2cc(O)c(C(F)(F)F)c3cc(C)c(c1)-c23. The van der Waals surface area contributed by atoms with E-state index in [-0.39, 0.29) is 5.39 Å². The van der Waals surface area contributed by atoms with Gasteiger partial charge in [0.2, 0.25) is 0 Å². The van der Waals surface area contributed by atoms with E-state index in [0.717, 1.165) is 21.9 Å². The largest absolute Gasteiger partial charge is 0.507 e. The number of hydrogen-bond acceptors (Lipinski definition) is 1. The molecule has 0 saturated carbocycles. The maximum Gasteiger partial charge on any atom is 0.420 e. The second-order valence-electron chi connectivity index (χ2n) is 5.82. The van der Waals surface area contributed by atoms with Gasteiger partial charge in [-0.1, -0.05) is 23.8 Å². The van der Waals surface area contributed by atoms with Crippen LogP contribution in [0, 0.1) is 6.92 Å². The van der Waals surface area contributed by atoms with Crippen molar-refractivity contribution in [2.75, 3.05) is 0 Å². The van der Waals surface area contributed by atoms with Gasteiger partial charge in [-0.15, -0.1) is 0 Å². The van der Waals surface area contributed by atoms with Gasteiger partial charge in [0, 0.05) is 0 Å². The first-order valence-corrected chi connectivity index (χ1v) is 6.93. The van der Waals surface area contributed by atoms with Gasteiger partial charge in [-0.05, 0) is 65.6 Å². The zero-order chi connectivity index (χ0) is 16.2. The summed E-state index contributed by atoms with van der Waals surface area (Å²) in [5, 5.41) is 11.5. The van der Waals surface area contributed by atoms with E-state index < -0.39 is 17.5 Å². The van der Waals surface area contributed by atoms with Gasteiger partial charge < -0.3 is 5.11 Å². The first kappa shape index (κ1) is 14.7. The molecule has 0 atom stereocenters. The van der Waals surface area contributed by atoms with E-state index >= 15 is 0 Å². The summed E-state index contributed by atoms with van der Waals surface area (Å²) < 4.78 is 39.8. The maximum absolute atomic E-state index is 13.3. The van der Waals surface area contributed by atoms with E-state index in [9.17, 15) is 18.3 Å². The molecular formula is C18H15F3O. The fourth-order valence-corrected chi connectivity index (χ4v) is 2.96. The van der Waals surface area contributed by atoms with Crippen LogP contribution in [0.5, 0.6) is 5.75 Å². The van der Waals surface area contributed by atoms with E-state index in [1.54, 1.807) is 13.0 Å². The lowest BCUT2D eigenvalue weighted by Gasteiger charge is -2.13. The van der Waals surface area contributed by atoms with Crippen LogP contribution in [0.25, 0.3) is 27.5 Å². The van der Waals surface area contributed by atoms with Crippen molar-refractivity contribution in [3.05, 3.63) is 46.7 Å². The van der Waals surface area contributed by atoms with E-state index in [1.807, 2.05) is 26.0 Å². The summed E-state index contributed by atoms with van der Waals surface area (Å²) in [5.74, 6) is -0.725. The van der Waals surface area contributed by atoms with Gasteiger partial charge >= 0.3 is 6.18 Å². The quantitative estimate of drug-likeness (QED) is 0.627. The van der Waals surface area contributed by atoms with Gasteiger partial charge in [0.25, 0.3) is 0 Å². The Hall–Kier alpha value is -2.23. The van der Waals surface area contributed by atoms with Crippen molar-refractivity contribution in [3.63, 3.8) is 0 Å². The van der Waals surface area contributed by atoms with Gasteiger partial charge in [-0.3, -0.25) is 0 Å². The van der Waals surface area contributed by atoms with Crippen LogP contribution >= 0.6 is 0 Å². The van der Waals surface area contributed by atoms with Crippen molar-refractivity contribution in [1.29, 1.82) is 0 Å². The van der Waals surface area contributed by atoms with Crippen LogP contribution in [-0.4, -0.2) is 5.11 Å². The molecule has 0 bridgehead atoms. The minimum absolute atomic E-state index is 0.0610. The van der Waals surface area contributed by atoms with E-state index in [4.69, 9.17) is 0 Å². The summed E-state index contributed by atoms with van der Waals surface area (Å²) in [6.07, 6.45) is -4.59. The molecular weight excluding hydrogens is 289 g/mol. The Labute approximate surface area is 126 Å². The van der Waals surface area contributed by atoms with Gasteiger partial charge in [0.1, 0.15) is 11.3 Å². The number of rotatable bonds is 0. The zero-order valence-electron chi connectivity index (χ0n) is 12.5. The monoisotopic (exact) mass is 304 g/mol. The molecule has 2 aliphatic rings. The summed E-state index contributed by atoms with van der Waals surface area (Å²) in [5.41, 5.74) is 2.24. The number of aryl methyl sites for hydroxylation is 1. The van der Waals surface area contributed by atoms with Crippen LogP contribution in [0.4, 0.5) is 13.2 Å². The molecule has 0 heterocycles. The van der Waals surface area contributed by atoms with Gasteiger partial charge in [-0.2, -0.15) is 13.2 Å². The molecule has 1 aromatic carbocycles. The molecule has 0 radical (unpaired) electrons. The van der Waals surface area contributed by atoms with E-state index in [1.165, 1.54) is 12.1 Å². The van der Waals surface area contributed by atoms with Crippen molar-refractivity contribution < 1.29 is 18.3 Å². The highest BCUT2D eigenvalue weighted by atomic mass is 19.4. The molecule has 114 valence electrons. The standard InChI is InChI=1S/C18H15F3O/c1-9(2)11-4-5-12-8-15(22)17(18(19,20)21)14-6-10(3)13(7-11)16(12)14/h4-8,22H,1-3H3. The van der Waals surface area contributed by atoms with Crippen molar-refractivity contribution >= 4 is 16.3 Å². The Morgan fingerprint density at radius 2 is 1.73 bits per heavy atom. The van der Waals surface area contributed by atoms with Crippen LogP contribution in [0.15, 0.2) is 30.3 Å². The molecule has 22 heavy (non-hydrogen) atoms. The van der Waals surface area contributed by atoms with Crippen molar-refractivity contribution in [3.8, 4) is 16.9 Å². The van der Waals surface area contributed by atoms with E-state index in [2.05, 4.69) is 0 Å². The minimum atomic E-state index is -4.59. The minimum Gasteiger partial charge on any atom is -0.507 e. The summed E-state index contributed by atoms with van der Waals surface area (Å²) in [7, 11) is 0. The zero-order valence-corrected chi connectivity index (χ0v) is 12.5. The van der Waals surface area contributed by atoms with Crippen LogP contribution in [0.1, 0.15) is 25.0 Å². The summed E-state index contributed by atoms with van der Waals surface area (Å²) in [6, 6.07) is 8.26. The molecule has 1 aromatic rings. The number of alkyl halides is 3. The molecule has 0 saturated heterocycles. The Morgan fingerprint density at radius 1 is 1.05 bits per heavy atom. The second-order valence-corrected chi connectivity index (χ2v) is 5.82. The lowest BCUT2D eigenvalue weighted by atomic mass is 9.98. The van der Waals surface area contributed by atoms with Crippen LogP contribution in [0.3, 0.4) is 0 Å². The molecule has 0 aromatic heterocycles.